The number of aromatic nitrogens is 5. The average molecular weight is 192 g/mol. The van der Waals surface area contributed by atoms with Crippen molar-refractivity contribution < 1.29 is 0 Å². The summed E-state index contributed by atoms with van der Waals surface area (Å²) in [4.78, 5) is 0. The van der Waals surface area contributed by atoms with Crippen molar-refractivity contribution in [1.29, 1.82) is 0 Å². The lowest BCUT2D eigenvalue weighted by Gasteiger charge is -1.94. The Balaban J connectivity index is 2.10. The van der Waals surface area contributed by atoms with Crippen LogP contribution >= 0.6 is 0 Å². The minimum atomic E-state index is 0.424. The summed E-state index contributed by atoms with van der Waals surface area (Å²) in [7, 11) is 1.89. The molecular weight excluding hydrogens is 180 g/mol. The Morgan fingerprint density at radius 1 is 1.43 bits per heavy atom. The number of nitrogens with two attached hydrogens (primary N) is 1. The third-order valence-corrected chi connectivity index (χ3v) is 1.90. The van der Waals surface area contributed by atoms with Crippen LogP contribution in [0.1, 0.15) is 11.3 Å². The lowest BCUT2D eigenvalue weighted by Crippen LogP contribution is -1.99. The molecule has 2 aromatic rings. The molecule has 0 aliphatic carbocycles. The third kappa shape index (κ3) is 1.80. The Morgan fingerprint density at radius 2 is 2.29 bits per heavy atom. The summed E-state index contributed by atoms with van der Waals surface area (Å²) in [6, 6.07) is 0. The van der Waals surface area contributed by atoms with E-state index in [-0.39, 0.29) is 0 Å². The molecule has 0 saturated heterocycles. The summed E-state index contributed by atoms with van der Waals surface area (Å²) >= 11 is 0. The molecule has 2 rings (SSSR count). The SMILES string of the molecule is Cn1cc(Cn2cc(CN)nn2)cn1. The molecule has 6 nitrogen and oxygen atoms in total. The van der Waals surface area contributed by atoms with Gasteiger partial charge >= 0.3 is 0 Å². The zero-order valence-corrected chi connectivity index (χ0v) is 7.96. The third-order valence-electron chi connectivity index (χ3n) is 1.90. The Morgan fingerprint density at radius 3 is 2.86 bits per heavy atom. The molecule has 0 saturated carbocycles. The molecule has 0 bridgehead atoms. The van der Waals surface area contributed by atoms with Crippen molar-refractivity contribution in [2.75, 3.05) is 0 Å². The first-order chi connectivity index (χ1) is 6.78. The van der Waals surface area contributed by atoms with E-state index in [9.17, 15) is 0 Å². The molecule has 0 amide bonds. The van der Waals surface area contributed by atoms with Gasteiger partial charge in [-0.05, 0) is 0 Å². The van der Waals surface area contributed by atoms with Crippen LogP contribution in [0.3, 0.4) is 0 Å². The maximum absolute atomic E-state index is 5.43. The Labute approximate surface area is 81.3 Å². The highest BCUT2D eigenvalue weighted by Gasteiger charge is 2.00. The largest absolute Gasteiger partial charge is 0.325 e. The summed E-state index contributed by atoms with van der Waals surface area (Å²) in [5, 5.41) is 11.9. The van der Waals surface area contributed by atoms with Crippen LogP contribution in [0.15, 0.2) is 18.6 Å². The summed E-state index contributed by atoms with van der Waals surface area (Å²) < 4.78 is 3.51. The van der Waals surface area contributed by atoms with Crippen LogP contribution in [0.4, 0.5) is 0 Å². The Hall–Kier alpha value is -1.69. The standard InChI is InChI=1S/C8H12N6/c1-13-4-7(3-10-13)5-14-6-8(2-9)11-12-14/h3-4,6H,2,5,9H2,1H3. The van der Waals surface area contributed by atoms with Crippen LogP contribution in [0.5, 0.6) is 0 Å². The van der Waals surface area contributed by atoms with Gasteiger partial charge in [0.25, 0.3) is 0 Å². The van der Waals surface area contributed by atoms with Gasteiger partial charge in [-0.25, -0.2) is 4.68 Å². The van der Waals surface area contributed by atoms with E-state index < -0.39 is 0 Å². The zero-order valence-electron chi connectivity index (χ0n) is 7.96. The summed E-state index contributed by atoms with van der Waals surface area (Å²) in [5.41, 5.74) is 7.33. The summed E-state index contributed by atoms with van der Waals surface area (Å²) in [6.45, 7) is 1.11. The van der Waals surface area contributed by atoms with E-state index in [1.165, 1.54) is 0 Å². The van der Waals surface area contributed by atoms with E-state index in [1.807, 2.05) is 25.6 Å². The molecule has 2 N–H and O–H groups in total. The van der Waals surface area contributed by atoms with Crippen molar-refractivity contribution in [2.45, 2.75) is 13.1 Å². The molecule has 2 aromatic heterocycles. The maximum atomic E-state index is 5.43. The van der Waals surface area contributed by atoms with E-state index in [4.69, 9.17) is 5.73 Å². The van der Waals surface area contributed by atoms with E-state index in [2.05, 4.69) is 15.4 Å². The maximum Gasteiger partial charge on any atom is 0.0962 e. The van der Waals surface area contributed by atoms with Crippen molar-refractivity contribution in [1.82, 2.24) is 24.8 Å². The highest BCUT2D eigenvalue weighted by molar-refractivity contribution is 5.04. The first kappa shape index (κ1) is 8.89. The van der Waals surface area contributed by atoms with Gasteiger partial charge < -0.3 is 5.73 Å². The normalized spacial score (nSPS) is 10.7. The fourth-order valence-electron chi connectivity index (χ4n) is 1.25. The van der Waals surface area contributed by atoms with Gasteiger partial charge in [0.15, 0.2) is 0 Å². The topological polar surface area (TPSA) is 74.5 Å². The van der Waals surface area contributed by atoms with Gasteiger partial charge in [0, 0.05) is 25.4 Å². The highest BCUT2D eigenvalue weighted by atomic mass is 15.4. The minimum Gasteiger partial charge on any atom is -0.325 e. The van der Waals surface area contributed by atoms with Crippen molar-refractivity contribution in [3.63, 3.8) is 0 Å². The highest BCUT2D eigenvalue weighted by Crippen LogP contribution is 2.00. The minimum absolute atomic E-state index is 0.424. The second kappa shape index (κ2) is 3.59. The fraction of sp³-hybridized carbons (Fsp3) is 0.375. The monoisotopic (exact) mass is 192 g/mol. The van der Waals surface area contributed by atoms with Crippen LogP contribution in [-0.2, 0) is 20.1 Å². The first-order valence-electron chi connectivity index (χ1n) is 4.34. The van der Waals surface area contributed by atoms with Crippen molar-refractivity contribution in [3.05, 3.63) is 29.8 Å². The second-order valence-corrected chi connectivity index (χ2v) is 3.13. The van der Waals surface area contributed by atoms with Gasteiger partial charge in [-0.2, -0.15) is 5.10 Å². The Kier molecular flexibility index (Phi) is 2.28. The van der Waals surface area contributed by atoms with Crippen molar-refractivity contribution in [2.24, 2.45) is 12.8 Å². The molecule has 0 aromatic carbocycles. The van der Waals surface area contributed by atoms with Crippen molar-refractivity contribution >= 4 is 0 Å². The summed E-state index contributed by atoms with van der Waals surface area (Å²) in [5.74, 6) is 0. The van der Waals surface area contributed by atoms with Gasteiger partial charge in [-0.3, -0.25) is 4.68 Å². The van der Waals surface area contributed by atoms with E-state index in [1.54, 1.807) is 9.36 Å². The molecule has 0 radical (unpaired) electrons. The zero-order chi connectivity index (χ0) is 9.97. The molecule has 14 heavy (non-hydrogen) atoms. The van der Waals surface area contributed by atoms with Gasteiger partial charge in [-0.15, -0.1) is 5.10 Å². The van der Waals surface area contributed by atoms with Gasteiger partial charge in [0.2, 0.25) is 0 Å². The Bertz CT molecular complexity index is 415. The lowest BCUT2D eigenvalue weighted by atomic mass is 10.3. The number of hydrogen-bond acceptors (Lipinski definition) is 4. The fourth-order valence-corrected chi connectivity index (χ4v) is 1.25. The van der Waals surface area contributed by atoms with Gasteiger partial charge in [-0.1, -0.05) is 5.21 Å². The van der Waals surface area contributed by atoms with Crippen LogP contribution < -0.4 is 5.73 Å². The predicted molar refractivity (Wildman–Crippen MR) is 50.2 cm³/mol. The number of nitrogens with zero attached hydrogens (tertiary/aromatic N) is 5. The molecule has 0 unspecified atom stereocenters. The lowest BCUT2D eigenvalue weighted by molar-refractivity contribution is 0.648. The van der Waals surface area contributed by atoms with Gasteiger partial charge in [0.1, 0.15) is 0 Å². The molecular formula is C8H12N6. The molecule has 74 valence electrons. The number of hydrogen-bond donors (Lipinski definition) is 1. The number of rotatable bonds is 3. The average Bonchev–Trinajstić information content (AvgIpc) is 2.76. The molecule has 6 heteroatoms. The van der Waals surface area contributed by atoms with Crippen LogP contribution in [0.2, 0.25) is 0 Å². The van der Waals surface area contributed by atoms with E-state index in [0.29, 0.717) is 13.1 Å². The molecule has 0 spiro atoms. The molecule has 0 atom stereocenters. The van der Waals surface area contributed by atoms with Crippen LogP contribution in [-0.4, -0.2) is 24.8 Å². The van der Waals surface area contributed by atoms with Crippen molar-refractivity contribution in [3.8, 4) is 0 Å². The molecule has 2 heterocycles. The smallest absolute Gasteiger partial charge is 0.0962 e. The molecule has 0 aliphatic rings. The molecule has 0 fully saturated rings. The second-order valence-electron chi connectivity index (χ2n) is 3.13. The quantitative estimate of drug-likeness (QED) is 0.712. The summed E-state index contributed by atoms with van der Waals surface area (Å²) in [6.07, 6.45) is 5.60. The van der Waals surface area contributed by atoms with E-state index >= 15 is 0 Å². The predicted octanol–water partition coefficient (Wildman–Crippen LogP) is -0.481. The molecule has 0 aliphatic heterocycles. The van der Waals surface area contributed by atoms with E-state index in [0.717, 1.165) is 11.3 Å². The van der Waals surface area contributed by atoms with Crippen LogP contribution in [0, 0.1) is 0 Å². The first-order valence-corrected chi connectivity index (χ1v) is 4.34. The van der Waals surface area contributed by atoms with Gasteiger partial charge in [0.05, 0.1) is 24.6 Å². The number of aryl methyl sites for hydroxylation is 1. The van der Waals surface area contributed by atoms with Crippen LogP contribution in [0.25, 0.3) is 0 Å².